The van der Waals surface area contributed by atoms with Gasteiger partial charge in [-0.1, -0.05) is 19.9 Å². The molecule has 0 aliphatic heterocycles. The summed E-state index contributed by atoms with van der Waals surface area (Å²) >= 11 is 0. The predicted octanol–water partition coefficient (Wildman–Crippen LogP) is 2.23. The first-order chi connectivity index (χ1) is 7.99. The summed E-state index contributed by atoms with van der Waals surface area (Å²) in [6.45, 7) is 3.61. The molecule has 0 amide bonds. The molecule has 0 aliphatic carbocycles. The van der Waals surface area contributed by atoms with Gasteiger partial charge >= 0.3 is 5.97 Å². The van der Waals surface area contributed by atoms with Crippen LogP contribution in [0.15, 0.2) is 12.1 Å². The number of hydrogen-bond donors (Lipinski definition) is 2. The molecular formula is C13H18O4. The second-order valence-electron chi connectivity index (χ2n) is 4.10. The number of aromatic hydroxyl groups is 1. The summed E-state index contributed by atoms with van der Waals surface area (Å²) in [5.41, 5.74) is 1.64. The zero-order chi connectivity index (χ0) is 13.0. The average molecular weight is 238 g/mol. The second kappa shape index (κ2) is 5.57. The number of rotatable bonds is 5. The number of aliphatic carboxylic acids is 1. The van der Waals surface area contributed by atoms with Crippen LogP contribution in [0.5, 0.6) is 11.5 Å². The standard InChI is InChI=1S/C13H18O4/c1-4-9-6-10(5-8(2)13(15)16)12(14)11(7-9)17-3/h6-8,14H,4-5H2,1-3H3,(H,15,16). The van der Waals surface area contributed by atoms with Gasteiger partial charge in [-0.25, -0.2) is 0 Å². The van der Waals surface area contributed by atoms with Crippen LogP contribution >= 0.6 is 0 Å². The fourth-order valence-corrected chi connectivity index (χ4v) is 1.66. The lowest BCUT2D eigenvalue weighted by Crippen LogP contribution is -2.12. The van der Waals surface area contributed by atoms with Crippen molar-refractivity contribution < 1.29 is 19.7 Å². The van der Waals surface area contributed by atoms with E-state index in [1.807, 2.05) is 13.0 Å². The van der Waals surface area contributed by atoms with E-state index in [4.69, 9.17) is 9.84 Å². The molecule has 4 heteroatoms. The molecule has 17 heavy (non-hydrogen) atoms. The summed E-state index contributed by atoms with van der Waals surface area (Å²) in [4.78, 5) is 10.8. The maximum atomic E-state index is 10.8. The van der Waals surface area contributed by atoms with Crippen LogP contribution in [0.1, 0.15) is 25.0 Å². The Balaban J connectivity index is 3.09. The lowest BCUT2D eigenvalue weighted by atomic mass is 9.97. The van der Waals surface area contributed by atoms with Crippen LogP contribution < -0.4 is 4.74 Å². The lowest BCUT2D eigenvalue weighted by molar-refractivity contribution is -0.141. The molecule has 0 bridgehead atoms. The highest BCUT2D eigenvalue weighted by molar-refractivity contribution is 5.70. The van der Waals surface area contributed by atoms with Gasteiger partial charge in [-0.05, 0) is 30.0 Å². The summed E-state index contributed by atoms with van der Waals surface area (Å²) < 4.78 is 5.07. The van der Waals surface area contributed by atoms with E-state index in [-0.39, 0.29) is 5.75 Å². The van der Waals surface area contributed by atoms with Crippen molar-refractivity contribution in [1.82, 2.24) is 0 Å². The molecule has 0 spiro atoms. The van der Waals surface area contributed by atoms with Gasteiger partial charge in [0, 0.05) is 0 Å². The Kier molecular flexibility index (Phi) is 4.37. The summed E-state index contributed by atoms with van der Waals surface area (Å²) in [7, 11) is 1.49. The topological polar surface area (TPSA) is 66.8 Å². The van der Waals surface area contributed by atoms with Gasteiger partial charge in [0.15, 0.2) is 11.5 Å². The van der Waals surface area contributed by atoms with Crippen LogP contribution in [-0.4, -0.2) is 23.3 Å². The number of benzene rings is 1. The summed E-state index contributed by atoms with van der Waals surface area (Å²) in [6, 6.07) is 3.60. The number of carbonyl (C=O) groups is 1. The highest BCUT2D eigenvalue weighted by Crippen LogP contribution is 2.33. The Morgan fingerprint density at radius 2 is 2.12 bits per heavy atom. The minimum atomic E-state index is -0.870. The Labute approximate surface area is 101 Å². The molecule has 4 nitrogen and oxygen atoms in total. The molecule has 0 saturated heterocycles. The number of carboxylic acid groups (broad SMARTS) is 1. The molecule has 0 fully saturated rings. The molecule has 0 radical (unpaired) electrons. The SMILES string of the molecule is CCc1cc(CC(C)C(=O)O)c(O)c(OC)c1. The fraction of sp³-hybridized carbons (Fsp3) is 0.462. The number of carboxylic acids is 1. The number of ether oxygens (including phenoxy) is 1. The van der Waals surface area contributed by atoms with Crippen LogP contribution in [0.3, 0.4) is 0 Å². The van der Waals surface area contributed by atoms with E-state index >= 15 is 0 Å². The maximum absolute atomic E-state index is 10.8. The van der Waals surface area contributed by atoms with Gasteiger partial charge in [-0.2, -0.15) is 0 Å². The van der Waals surface area contributed by atoms with Crippen molar-refractivity contribution in [3.63, 3.8) is 0 Å². The second-order valence-corrected chi connectivity index (χ2v) is 4.10. The molecule has 2 N–H and O–H groups in total. The van der Waals surface area contributed by atoms with Crippen LogP contribution in [-0.2, 0) is 17.6 Å². The minimum absolute atomic E-state index is 0.0396. The minimum Gasteiger partial charge on any atom is -0.504 e. The van der Waals surface area contributed by atoms with Gasteiger partial charge < -0.3 is 14.9 Å². The van der Waals surface area contributed by atoms with Crippen molar-refractivity contribution in [3.05, 3.63) is 23.3 Å². The van der Waals surface area contributed by atoms with Crippen molar-refractivity contribution >= 4 is 5.97 Å². The van der Waals surface area contributed by atoms with E-state index < -0.39 is 11.9 Å². The third-order valence-electron chi connectivity index (χ3n) is 2.79. The largest absolute Gasteiger partial charge is 0.504 e. The van der Waals surface area contributed by atoms with E-state index in [0.717, 1.165) is 12.0 Å². The van der Waals surface area contributed by atoms with Crippen molar-refractivity contribution in [3.8, 4) is 11.5 Å². The summed E-state index contributed by atoms with van der Waals surface area (Å²) in [5.74, 6) is -0.960. The summed E-state index contributed by atoms with van der Waals surface area (Å²) in [6.07, 6.45) is 1.11. The molecular weight excluding hydrogens is 220 g/mol. The molecule has 0 aromatic heterocycles. The van der Waals surface area contributed by atoms with Crippen molar-refractivity contribution in [1.29, 1.82) is 0 Å². The fourth-order valence-electron chi connectivity index (χ4n) is 1.66. The van der Waals surface area contributed by atoms with E-state index in [1.165, 1.54) is 7.11 Å². The Morgan fingerprint density at radius 1 is 1.47 bits per heavy atom. The van der Waals surface area contributed by atoms with Crippen molar-refractivity contribution in [2.24, 2.45) is 5.92 Å². The van der Waals surface area contributed by atoms with Crippen LogP contribution in [0.25, 0.3) is 0 Å². The van der Waals surface area contributed by atoms with Gasteiger partial charge in [0.05, 0.1) is 13.0 Å². The van der Waals surface area contributed by atoms with Gasteiger partial charge in [0.2, 0.25) is 0 Å². The van der Waals surface area contributed by atoms with E-state index in [0.29, 0.717) is 17.7 Å². The van der Waals surface area contributed by atoms with E-state index in [1.54, 1.807) is 13.0 Å². The molecule has 1 rings (SSSR count). The van der Waals surface area contributed by atoms with Gasteiger partial charge in [-0.15, -0.1) is 0 Å². The molecule has 0 heterocycles. The molecule has 1 atom stereocenters. The third-order valence-corrected chi connectivity index (χ3v) is 2.79. The molecule has 94 valence electrons. The van der Waals surface area contributed by atoms with Gasteiger partial charge in [-0.3, -0.25) is 4.79 Å². The zero-order valence-electron chi connectivity index (χ0n) is 10.4. The summed E-state index contributed by atoms with van der Waals surface area (Å²) in [5, 5.41) is 18.8. The molecule has 0 saturated carbocycles. The molecule has 0 aliphatic rings. The maximum Gasteiger partial charge on any atom is 0.306 e. The molecule has 1 aromatic rings. The zero-order valence-corrected chi connectivity index (χ0v) is 10.4. The van der Waals surface area contributed by atoms with Crippen molar-refractivity contribution in [2.75, 3.05) is 7.11 Å². The van der Waals surface area contributed by atoms with E-state index in [2.05, 4.69) is 0 Å². The highest BCUT2D eigenvalue weighted by atomic mass is 16.5. The highest BCUT2D eigenvalue weighted by Gasteiger charge is 2.17. The van der Waals surface area contributed by atoms with Gasteiger partial charge in [0.1, 0.15) is 0 Å². The number of phenols is 1. The monoisotopic (exact) mass is 238 g/mol. The Hall–Kier alpha value is -1.71. The first-order valence-corrected chi connectivity index (χ1v) is 5.61. The lowest BCUT2D eigenvalue weighted by Gasteiger charge is -2.13. The quantitative estimate of drug-likeness (QED) is 0.825. The van der Waals surface area contributed by atoms with E-state index in [9.17, 15) is 9.90 Å². The number of aryl methyl sites for hydroxylation is 1. The normalized spacial score (nSPS) is 12.2. The first-order valence-electron chi connectivity index (χ1n) is 5.61. The van der Waals surface area contributed by atoms with Crippen LogP contribution in [0, 0.1) is 5.92 Å². The predicted molar refractivity (Wildman–Crippen MR) is 64.5 cm³/mol. The number of methoxy groups -OCH3 is 1. The molecule has 1 unspecified atom stereocenters. The smallest absolute Gasteiger partial charge is 0.306 e. The third kappa shape index (κ3) is 3.12. The average Bonchev–Trinajstić information content (AvgIpc) is 2.31. The Morgan fingerprint density at radius 3 is 2.59 bits per heavy atom. The van der Waals surface area contributed by atoms with Gasteiger partial charge in [0.25, 0.3) is 0 Å². The van der Waals surface area contributed by atoms with Crippen LogP contribution in [0.4, 0.5) is 0 Å². The Bertz CT molecular complexity index is 412. The number of hydrogen-bond acceptors (Lipinski definition) is 3. The van der Waals surface area contributed by atoms with Crippen LogP contribution in [0.2, 0.25) is 0 Å². The van der Waals surface area contributed by atoms with Crippen molar-refractivity contribution in [2.45, 2.75) is 26.7 Å². The molecule has 1 aromatic carbocycles. The first kappa shape index (κ1) is 13.4. The number of phenolic OH excluding ortho intramolecular Hbond substituents is 1.